The molecule has 1 heterocycles. The molecule has 3 fully saturated rings. The van der Waals surface area contributed by atoms with Crippen molar-refractivity contribution in [2.75, 3.05) is 13.2 Å². The largest absolute Gasteiger partial charge is 0.390 e. The van der Waals surface area contributed by atoms with Gasteiger partial charge in [-0.2, -0.15) is 0 Å². The zero-order valence-electron chi connectivity index (χ0n) is 11.0. The molecule has 2 saturated carbocycles. The first-order valence-corrected chi connectivity index (χ1v) is 7.51. The van der Waals surface area contributed by atoms with Gasteiger partial charge in [0.1, 0.15) is 0 Å². The Hall–Kier alpha value is -0.0800. The molecular weight excluding hydrogens is 212 g/mol. The van der Waals surface area contributed by atoms with Crippen molar-refractivity contribution in [1.82, 2.24) is 0 Å². The Morgan fingerprint density at radius 3 is 2.65 bits per heavy atom. The van der Waals surface area contributed by atoms with E-state index in [1.54, 1.807) is 0 Å². The lowest BCUT2D eigenvalue weighted by atomic mass is 9.73. The lowest BCUT2D eigenvalue weighted by Gasteiger charge is -2.37. The number of hydrogen-bond acceptors (Lipinski definition) is 2. The molecule has 2 nitrogen and oxygen atoms in total. The Bertz CT molecular complexity index is 272. The lowest BCUT2D eigenvalue weighted by Crippen LogP contribution is -2.40. The first-order chi connectivity index (χ1) is 8.21. The summed E-state index contributed by atoms with van der Waals surface area (Å²) in [6.07, 6.45) is 8.72. The minimum atomic E-state index is -0.439. The number of fused-ring (bicyclic) bond motifs is 2. The Balaban J connectivity index is 1.64. The second-order valence-electron chi connectivity index (χ2n) is 6.66. The van der Waals surface area contributed by atoms with Crippen molar-refractivity contribution in [3.05, 3.63) is 0 Å². The monoisotopic (exact) mass is 238 g/mol. The van der Waals surface area contributed by atoms with Crippen LogP contribution in [0.4, 0.5) is 0 Å². The van der Waals surface area contributed by atoms with Crippen LogP contribution in [0.5, 0.6) is 0 Å². The number of rotatable bonds is 4. The maximum absolute atomic E-state index is 10.9. The number of aliphatic hydroxyl groups is 1. The summed E-state index contributed by atoms with van der Waals surface area (Å²) < 4.78 is 5.47. The van der Waals surface area contributed by atoms with E-state index in [0.29, 0.717) is 5.92 Å². The highest BCUT2D eigenvalue weighted by Gasteiger charge is 2.45. The van der Waals surface area contributed by atoms with Gasteiger partial charge < -0.3 is 9.84 Å². The Labute approximate surface area is 105 Å². The predicted molar refractivity (Wildman–Crippen MR) is 67.7 cm³/mol. The van der Waals surface area contributed by atoms with Gasteiger partial charge in [0.25, 0.3) is 0 Å². The van der Waals surface area contributed by atoms with Crippen LogP contribution < -0.4 is 0 Å². The van der Waals surface area contributed by atoms with E-state index < -0.39 is 5.60 Å². The van der Waals surface area contributed by atoms with Gasteiger partial charge in [0.15, 0.2) is 0 Å². The molecule has 0 aromatic rings. The van der Waals surface area contributed by atoms with Crippen molar-refractivity contribution < 1.29 is 9.84 Å². The summed E-state index contributed by atoms with van der Waals surface area (Å²) in [7, 11) is 0. The molecule has 17 heavy (non-hydrogen) atoms. The summed E-state index contributed by atoms with van der Waals surface area (Å²) in [5.41, 5.74) is -0.439. The summed E-state index contributed by atoms with van der Waals surface area (Å²) in [5.74, 6) is 3.12. The highest BCUT2D eigenvalue weighted by molar-refractivity contribution is 4.96. The average molecular weight is 238 g/mol. The SMILES string of the molecule is CCC(O)(CC1CC2CCC1C2)C1CCOC1. The summed E-state index contributed by atoms with van der Waals surface area (Å²) in [5, 5.41) is 10.9. The van der Waals surface area contributed by atoms with Crippen LogP contribution in [-0.2, 0) is 4.74 Å². The van der Waals surface area contributed by atoms with Gasteiger partial charge >= 0.3 is 0 Å². The molecule has 0 radical (unpaired) electrons. The van der Waals surface area contributed by atoms with E-state index in [1.807, 2.05) is 0 Å². The molecule has 0 spiro atoms. The first-order valence-electron chi connectivity index (χ1n) is 7.51. The van der Waals surface area contributed by atoms with Gasteiger partial charge in [0.2, 0.25) is 0 Å². The van der Waals surface area contributed by atoms with Gasteiger partial charge in [0, 0.05) is 12.5 Å². The number of ether oxygens (including phenoxy) is 1. The molecule has 1 aliphatic heterocycles. The van der Waals surface area contributed by atoms with E-state index in [2.05, 4.69) is 6.92 Å². The van der Waals surface area contributed by atoms with Crippen LogP contribution in [0.3, 0.4) is 0 Å². The van der Waals surface area contributed by atoms with Gasteiger partial charge in [-0.05, 0) is 56.3 Å². The fraction of sp³-hybridized carbons (Fsp3) is 1.00. The second kappa shape index (κ2) is 4.55. The minimum absolute atomic E-state index is 0.395. The van der Waals surface area contributed by atoms with E-state index in [9.17, 15) is 5.11 Å². The molecule has 0 aromatic carbocycles. The van der Waals surface area contributed by atoms with Crippen LogP contribution in [0.25, 0.3) is 0 Å². The smallest absolute Gasteiger partial charge is 0.0698 e. The minimum Gasteiger partial charge on any atom is -0.390 e. The average Bonchev–Trinajstić information content (AvgIpc) is 3.05. The summed E-state index contributed by atoms with van der Waals surface area (Å²) >= 11 is 0. The maximum Gasteiger partial charge on any atom is 0.0698 e. The molecule has 2 heteroatoms. The Kier molecular flexibility index (Phi) is 3.20. The van der Waals surface area contributed by atoms with Crippen LogP contribution in [0.15, 0.2) is 0 Å². The van der Waals surface area contributed by atoms with Crippen LogP contribution in [0.1, 0.15) is 51.9 Å². The summed E-state index contributed by atoms with van der Waals surface area (Å²) in [6, 6.07) is 0. The van der Waals surface area contributed by atoms with Gasteiger partial charge in [0.05, 0.1) is 12.2 Å². The van der Waals surface area contributed by atoms with E-state index in [0.717, 1.165) is 50.2 Å². The predicted octanol–water partition coefficient (Wildman–Crippen LogP) is 2.99. The van der Waals surface area contributed by atoms with Crippen LogP contribution in [-0.4, -0.2) is 23.9 Å². The third-order valence-electron chi connectivity index (χ3n) is 5.80. The van der Waals surface area contributed by atoms with Crippen LogP contribution in [0.2, 0.25) is 0 Å². The van der Waals surface area contributed by atoms with Crippen molar-refractivity contribution in [3.63, 3.8) is 0 Å². The van der Waals surface area contributed by atoms with Gasteiger partial charge in [-0.3, -0.25) is 0 Å². The van der Waals surface area contributed by atoms with Crippen molar-refractivity contribution >= 4 is 0 Å². The first kappa shape index (κ1) is 12.0. The molecule has 0 amide bonds. The van der Waals surface area contributed by atoms with Crippen LogP contribution >= 0.6 is 0 Å². The quantitative estimate of drug-likeness (QED) is 0.816. The Morgan fingerprint density at radius 2 is 2.12 bits per heavy atom. The third kappa shape index (κ3) is 2.15. The van der Waals surface area contributed by atoms with E-state index in [4.69, 9.17) is 4.74 Å². The third-order valence-corrected chi connectivity index (χ3v) is 5.80. The fourth-order valence-corrected chi connectivity index (χ4v) is 4.64. The molecular formula is C15H26O2. The summed E-state index contributed by atoms with van der Waals surface area (Å²) in [6.45, 7) is 3.78. The fourth-order valence-electron chi connectivity index (χ4n) is 4.64. The normalized spacial score (nSPS) is 44.1. The van der Waals surface area contributed by atoms with Crippen molar-refractivity contribution in [3.8, 4) is 0 Å². The van der Waals surface area contributed by atoms with Crippen molar-refractivity contribution in [2.45, 2.75) is 57.5 Å². The van der Waals surface area contributed by atoms with E-state index >= 15 is 0 Å². The lowest BCUT2D eigenvalue weighted by molar-refractivity contribution is -0.0500. The van der Waals surface area contributed by atoms with Crippen molar-refractivity contribution in [1.29, 1.82) is 0 Å². The zero-order chi connectivity index (χ0) is 11.9. The molecule has 5 unspecified atom stereocenters. The molecule has 1 saturated heterocycles. The van der Waals surface area contributed by atoms with Gasteiger partial charge in [-0.1, -0.05) is 13.3 Å². The van der Waals surface area contributed by atoms with Gasteiger partial charge in [-0.15, -0.1) is 0 Å². The summed E-state index contributed by atoms with van der Waals surface area (Å²) in [4.78, 5) is 0. The molecule has 3 aliphatic rings. The topological polar surface area (TPSA) is 29.5 Å². The number of hydrogen-bond donors (Lipinski definition) is 1. The highest BCUT2D eigenvalue weighted by atomic mass is 16.5. The highest BCUT2D eigenvalue weighted by Crippen LogP contribution is 2.52. The molecule has 1 N–H and O–H groups in total. The molecule has 2 aliphatic carbocycles. The van der Waals surface area contributed by atoms with E-state index in [1.165, 1.54) is 25.7 Å². The molecule has 3 rings (SSSR count). The molecule has 0 aromatic heterocycles. The second-order valence-corrected chi connectivity index (χ2v) is 6.66. The Morgan fingerprint density at radius 1 is 1.24 bits per heavy atom. The molecule has 5 atom stereocenters. The van der Waals surface area contributed by atoms with E-state index in [-0.39, 0.29) is 0 Å². The zero-order valence-corrected chi connectivity index (χ0v) is 11.0. The van der Waals surface area contributed by atoms with Crippen LogP contribution in [0, 0.1) is 23.7 Å². The molecule has 2 bridgehead atoms. The molecule has 98 valence electrons. The maximum atomic E-state index is 10.9. The standard InChI is InChI=1S/C15H26O2/c1-2-15(16,14-5-6-17-10-14)9-13-8-11-3-4-12(13)7-11/h11-14,16H,2-10H2,1H3. The van der Waals surface area contributed by atoms with Gasteiger partial charge in [-0.25, -0.2) is 0 Å². The van der Waals surface area contributed by atoms with Crippen molar-refractivity contribution in [2.24, 2.45) is 23.7 Å².